The van der Waals surface area contributed by atoms with Crippen LogP contribution in [0.4, 0.5) is 0 Å². The molecule has 0 rings (SSSR count). The lowest BCUT2D eigenvalue weighted by Gasteiger charge is -2.15. The molecule has 248 valence electrons. The molecular weight excluding hydrogens is 543 g/mol. The van der Waals surface area contributed by atoms with Crippen molar-refractivity contribution in [2.45, 2.75) is 219 Å². The first-order valence-corrected chi connectivity index (χ1v) is 21.3. The van der Waals surface area contributed by atoms with Gasteiger partial charge in [0.25, 0.3) is 0 Å². The van der Waals surface area contributed by atoms with Crippen LogP contribution >= 0.6 is 6.72 Å². The average Bonchev–Trinajstić information content (AvgIpc) is 2.96. The van der Waals surface area contributed by atoms with E-state index in [-0.39, 0.29) is 0 Å². The lowest BCUT2D eigenvalue weighted by atomic mass is 10.0. The van der Waals surface area contributed by atoms with E-state index in [4.69, 9.17) is 20.9 Å². The van der Waals surface area contributed by atoms with Crippen LogP contribution in [0.1, 0.15) is 219 Å². The van der Waals surface area contributed by atoms with E-state index in [0.29, 0.717) is 13.2 Å². The fourth-order valence-electron chi connectivity index (χ4n) is 5.70. The number of unbranched alkanes of at least 4 members (excludes halogenated alkanes) is 30. The molecular formula is C36H75O3PS. The van der Waals surface area contributed by atoms with Crippen LogP contribution in [0.3, 0.4) is 0 Å². The van der Waals surface area contributed by atoms with Crippen LogP contribution in [0, 0.1) is 0 Å². The zero-order chi connectivity index (χ0) is 30.0. The molecule has 0 aromatic carbocycles. The summed E-state index contributed by atoms with van der Waals surface area (Å²) < 4.78 is 11.1. The molecule has 0 saturated carbocycles. The van der Waals surface area contributed by atoms with Gasteiger partial charge in [0.15, 0.2) is 0 Å². The van der Waals surface area contributed by atoms with Gasteiger partial charge >= 0.3 is 6.72 Å². The number of hydrogen-bond acceptors (Lipinski definition) is 3. The van der Waals surface area contributed by atoms with Gasteiger partial charge in [0.1, 0.15) is 0 Å². The molecule has 0 radical (unpaired) electrons. The van der Waals surface area contributed by atoms with Gasteiger partial charge in [-0.3, -0.25) is 0 Å². The molecule has 0 aliphatic heterocycles. The van der Waals surface area contributed by atoms with Gasteiger partial charge in [-0.05, 0) is 24.6 Å². The van der Waals surface area contributed by atoms with Crippen molar-refractivity contribution < 1.29 is 13.9 Å². The predicted octanol–water partition coefficient (Wildman–Crippen LogP) is 13.8. The Kier molecular flexibility index (Phi) is 35.5. The molecule has 0 heterocycles. The van der Waals surface area contributed by atoms with Crippen molar-refractivity contribution in [2.24, 2.45) is 0 Å². The van der Waals surface area contributed by atoms with Crippen LogP contribution in [0.15, 0.2) is 0 Å². The highest BCUT2D eigenvalue weighted by molar-refractivity contribution is 8.07. The van der Waals surface area contributed by atoms with Crippen molar-refractivity contribution in [1.82, 2.24) is 0 Å². The molecule has 0 aromatic rings. The van der Waals surface area contributed by atoms with Gasteiger partial charge in [0, 0.05) is 0 Å². The number of rotatable bonds is 36. The van der Waals surface area contributed by atoms with Crippen molar-refractivity contribution in [3.8, 4) is 0 Å². The maximum atomic E-state index is 10.2. The maximum absolute atomic E-state index is 10.2. The molecule has 0 saturated heterocycles. The van der Waals surface area contributed by atoms with Crippen LogP contribution in [-0.2, 0) is 20.9 Å². The Hall–Kier alpha value is 0.530. The van der Waals surface area contributed by atoms with Crippen molar-refractivity contribution in [1.29, 1.82) is 0 Å². The Morgan fingerprint density at radius 3 is 0.707 bits per heavy atom. The van der Waals surface area contributed by atoms with Crippen molar-refractivity contribution in [2.75, 3.05) is 13.2 Å². The third-order valence-corrected chi connectivity index (χ3v) is 10.2. The predicted molar refractivity (Wildman–Crippen MR) is 187 cm³/mol. The van der Waals surface area contributed by atoms with Crippen LogP contribution in [-0.4, -0.2) is 18.1 Å². The van der Waals surface area contributed by atoms with E-state index in [0.717, 1.165) is 25.7 Å². The molecule has 0 aromatic heterocycles. The molecule has 0 fully saturated rings. The van der Waals surface area contributed by atoms with Gasteiger partial charge in [-0.15, -0.1) is 0 Å². The zero-order valence-electron chi connectivity index (χ0n) is 28.2. The molecule has 41 heavy (non-hydrogen) atoms. The van der Waals surface area contributed by atoms with Gasteiger partial charge in [-0.25, -0.2) is 0 Å². The van der Waals surface area contributed by atoms with Crippen LogP contribution in [0.25, 0.3) is 0 Å². The summed E-state index contributed by atoms with van der Waals surface area (Å²) in [6.45, 7) is 2.60. The molecule has 0 aliphatic rings. The topological polar surface area (TPSA) is 38.7 Å². The molecule has 1 N–H and O–H groups in total. The third kappa shape index (κ3) is 36.6. The molecule has 5 heteroatoms. The Bertz CT molecular complexity index is 489. The van der Waals surface area contributed by atoms with Crippen molar-refractivity contribution in [3.05, 3.63) is 0 Å². The van der Waals surface area contributed by atoms with Crippen LogP contribution in [0.5, 0.6) is 0 Å². The normalized spacial score (nSPS) is 12.0. The first-order valence-electron chi connectivity index (χ1n) is 18.7. The quantitative estimate of drug-likeness (QED) is 0.0560. The highest BCUT2D eigenvalue weighted by atomic mass is 32.5. The second kappa shape index (κ2) is 35.0. The van der Waals surface area contributed by atoms with Gasteiger partial charge in [-0.1, -0.05) is 206 Å². The Morgan fingerprint density at radius 1 is 0.341 bits per heavy atom. The third-order valence-electron chi connectivity index (χ3n) is 8.50. The summed E-state index contributed by atoms with van der Waals surface area (Å²) in [4.78, 5) is 10.2. The summed E-state index contributed by atoms with van der Waals surface area (Å²) in [6.07, 6.45) is 43.4. The summed E-state index contributed by atoms with van der Waals surface area (Å²) in [6, 6.07) is 0. The highest BCUT2D eigenvalue weighted by Crippen LogP contribution is 2.44. The summed E-state index contributed by atoms with van der Waals surface area (Å²) in [5.41, 5.74) is 0. The van der Waals surface area contributed by atoms with Crippen LogP contribution in [0.2, 0.25) is 0 Å². The first kappa shape index (κ1) is 41.5. The second-order valence-electron chi connectivity index (χ2n) is 12.7. The Labute approximate surface area is 264 Å². The van der Waals surface area contributed by atoms with E-state index in [1.807, 2.05) is 0 Å². The number of hydrogen-bond donors (Lipinski definition) is 1. The summed E-state index contributed by atoms with van der Waals surface area (Å²) >= 11 is 5.19. The van der Waals surface area contributed by atoms with Crippen molar-refractivity contribution >= 4 is 18.5 Å². The minimum Gasteiger partial charge on any atom is -0.324 e. The Balaban J connectivity index is 3.26. The van der Waals surface area contributed by atoms with E-state index in [1.54, 1.807) is 0 Å². The smallest absolute Gasteiger partial charge is 0.324 e. The molecule has 0 bridgehead atoms. The molecule has 0 unspecified atom stereocenters. The minimum atomic E-state index is -3.04. The SMILES string of the molecule is CCCCCCCCCCCCCCCCCCOP(O)(=S)OCCCCCCCCCCCCCCCCCC. The van der Waals surface area contributed by atoms with Gasteiger partial charge in [0.2, 0.25) is 0 Å². The fourth-order valence-corrected chi connectivity index (χ4v) is 6.94. The molecule has 0 aliphatic carbocycles. The fraction of sp³-hybridized carbons (Fsp3) is 1.00. The minimum absolute atomic E-state index is 0.533. The molecule has 0 amide bonds. The second-order valence-corrected chi connectivity index (χ2v) is 15.6. The van der Waals surface area contributed by atoms with E-state index in [9.17, 15) is 4.89 Å². The van der Waals surface area contributed by atoms with E-state index >= 15 is 0 Å². The first-order chi connectivity index (χ1) is 20.1. The zero-order valence-corrected chi connectivity index (χ0v) is 29.9. The lowest BCUT2D eigenvalue weighted by Crippen LogP contribution is -1.99. The molecule has 0 atom stereocenters. The van der Waals surface area contributed by atoms with Crippen LogP contribution < -0.4 is 0 Å². The molecule has 0 spiro atoms. The Morgan fingerprint density at radius 2 is 0.512 bits per heavy atom. The average molecular weight is 619 g/mol. The molecule has 3 nitrogen and oxygen atoms in total. The van der Waals surface area contributed by atoms with Crippen molar-refractivity contribution in [3.63, 3.8) is 0 Å². The lowest BCUT2D eigenvalue weighted by molar-refractivity contribution is 0.190. The highest BCUT2D eigenvalue weighted by Gasteiger charge is 2.14. The standard InChI is InChI=1S/C36H75O3PS/c1-3-5-7-9-11-13-15-17-19-21-23-25-27-29-31-33-35-38-40(37,41)39-36-34-32-30-28-26-24-22-20-18-16-14-12-10-8-6-4-2/h3-36H2,1-2H3,(H,37,41). The summed E-state index contributed by atoms with van der Waals surface area (Å²) in [5, 5.41) is 0. The monoisotopic (exact) mass is 619 g/mol. The van der Waals surface area contributed by atoms with E-state index in [2.05, 4.69) is 13.8 Å². The van der Waals surface area contributed by atoms with Gasteiger partial charge < -0.3 is 13.9 Å². The summed E-state index contributed by atoms with van der Waals surface area (Å²) in [5.74, 6) is 0. The van der Waals surface area contributed by atoms with Gasteiger partial charge in [0.05, 0.1) is 13.2 Å². The largest absolute Gasteiger partial charge is 0.324 e. The van der Waals surface area contributed by atoms with E-state index in [1.165, 1.54) is 180 Å². The van der Waals surface area contributed by atoms with Gasteiger partial charge in [-0.2, -0.15) is 0 Å². The summed E-state index contributed by atoms with van der Waals surface area (Å²) in [7, 11) is 0. The maximum Gasteiger partial charge on any atom is 0.324 e. The van der Waals surface area contributed by atoms with E-state index < -0.39 is 6.72 Å².